The first kappa shape index (κ1) is 13.4. The summed E-state index contributed by atoms with van der Waals surface area (Å²) in [6.07, 6.45) is 7.58. The monoisotopic (exact) mass is 266 g/mol. The van der Waals surface area contributed by atoms with Gasteiger partial charge in [-0.25, -0.2) is 0 Å². The second-order valence-corrected chi connectivity index (χ2v) is 6.54. The van der Waals surface area contributed by atoms with Gasteiger partial charge in [-0.05, 0) is 70.0 Å². The maximum Gasteiger partial charge on any atom is 0.303 e. The molecule has 0 bridgehead atoms. The zero-order valence-electron chi connectivity index (χ0n) is 11.7. The van der Waals surface area contributed by atoms with Crippen LogP contribution in [0, 0.1) is 11.8 Å². The van der Waals surface area contributed by atoms with Crippen molar-refractivity contribution in [3.8, 4) is 0 Å². The molecule has 0 spiro atoms. The molecule has 4 nitrogen and oxygen atoms in total. The lowest BCUT2D eigenvalue weighted by Crippen LogP contribution is -2.63. The van der Waals surface area contributed by atoms with Gasteiger partial charge in [0, 0.05) is 18.5 Å². The van der Waals surface area contributed by atoms with Crippen LogP contribution in [0.3, 0.4) is 0 Å². The van der Waals surface area contributed by atoms with Crippen LogP contribution in [0.25, 0.3) is 0 Å². The van der Waals surface area contributed by atoms with Gasteiger partial charge >= 0.3 is 5.97 Å². The van der Waals surface area contributed by atoms with Crippen LogP contribution >= 0.6 is 0 Å². The highest BCUT2D eigenvalue weighted by Gasteiger charge is 2.45. The number of hydrogen-bond donors (Lipinski definition) is 2. The fourth-order valence-corrected chi connectivity index (χ4v) is 4.66. The number of carboxylic acid groups (broad SMARTS) is 1. The van der Waals surface area contributed by atoms with E-state index in [1.165, 1.54) is 38.8 Å². The molecule has 19 heavy (non-hydrogen) atoms. The van der Waals surface area contributed by atoms with Gasteiger partial charge in [-0.15, -0.1) is 0 Å². The predicted octanol–water partition coefficient (Wildman–Crippen LogP) is 1.70. The van der Waals surface area contributed by atoms with Crippen molar-refractivity contribution in [2.24, 2.45) is 11.8 Å². The Kier molecular flexibility index (Phi) is 4.08. The molecule has 3 rings (SSSR count). The molecule has 0 aromatic rings. The Morgan fingerprint density at radius 1 is 1.26 bits per heavy atom. The van der Waals surface area contributed by atoms with Crippen molar-refractivity contribution in [2.45, 2.75) is 57.0 Å². The van der Waals surface area contributed by atoms with Gasteiger partial charge in [0.05, 0.1) is 0 Å². The topological polar surface area (TPSA) is 52.6 Å². The van der Waals surface area contributed by atoms with Crippen molar-refractivity contribution in [1.82, 2.24) is 10.2 Å². The summed E-state index contributed by atoms with van der Waals surface area (Å²) < 4.78 is 0. The van der Waals surface area contributed by atoms with Crippen molar-refractivity contribution in [3.63, 3.8) is 0 Å². The number of carbonyl (C=O) groups is 1. The number of piperidine rings is 3. The quantitative estimate of drug-likeness (QED) is 0.813. The molecule has 0 saturated carbocycles. The first-order chi connectivity index (χ1) is 9.25. The summed E-state index contributed by atoms with van der Waals surface area (Å²) in [5.74, 6) is 0.952. The van der Waals surface area contributed by atoms with E-state index in [2.05, 4.69) is 10.2 Å². The largest absolute Gasteiger partial charge is 0.481 e. The lowest BCUT2D eigenvalue weighted by molar-refractivity contribution is -0.137. The molecule has 4 atom stereocenters. The average Bonchev–Trinajstić information content (AvgIpc) is 2.41. The van der Waals surface area contributed by atoms with Gasteiger partial charge in [0.25, 0.3) is 0 Å². The molecule has 0 aromatic heterocycles. The molecule has 0 radical (unpaired) electrons. The highest BCUT2D eigenvalue weighted by atomic mass is 16.4. The summed E-state index contributed by atoms with van der Waals surface area (Å²) in [5, 5.41) is 12.5. The summed E-state index contributed by atoms with van der Waals surface area (Å²) >= 11 is 0. The fraction of sp³-hybridized carbons (Fsp3) is 0.933. The second-order valence-electron chi connectivity index (χ2n) is 6.54. The molecule has 108 valence electrons. The molecule has 2 N–H and O–H groups in total. The Labute approximate surface area is 115 Å². The van der Waals surface area contributed by atoms with Gasteiger partial charge in [-0.3, -0.25) is 9.69 Å². The Hall–Kier alpha value is -0.610. The van der Waals surface area contributed by atoms with Crippen molar-refractivity contribution < 1.29 is 9.90 Å². The molecule has 3 fully saturated rings. The normalized spacial score (nSPS) is 38.7. The maximum absolute atomic E-state index is 10.7. The molecular formula is C15H26N2O2. The highest BCUT2D eigenvalue weighted by Crippen LogP contribution is 2.39. The second kappa shape index (κ2) is 5.80. The van der Waals surface area contributed by atoms with Gasteiger partial charge in [-0.1, -0.05) is 0 Å². The number of nitrogens with one attached hydrogen (secondary N) is 1. The van der Waals surface area contributed by atoms with Crippen LogP contribution in [0.15, 0.2) is 0 Å². The van der Waals surface area contributed by atoms with E-state index in [4.69, 9.17) is 5.11 Å². The lowest BCUT2D eigenvalue weighted by Gasteiger charge is -2.54. The minimum absolute atomic E-state index is 0.322. The van der Waals surface area contributed by atoms with E-state index in [1.54, 1.807) is 0 Å². The smallest absolute Gasteiger partial charge is 0.303 e. The van der Waals surface area contributed by atoms with Gasteiger partial charge in [-0.2, -0.15) is 0 Å². The number of hydrogen-bond acceptors (Lipinski definition) is 3. The van der Waals surface area contributed by atoms with Gasteiger partial charge in [0.15, 0.2) is 0 Å². The summed E-state index contributed by atoms with van der Waals surface area (Å²) in [4.78, 5) is 13.4. The van der Waals surface area contributed by atoms with Crippen molar-refractivity contribution in [3.05, 3.63) is 0 Å². The minimum Gasteiger partial charge on any atom is -0.481 e. The van der Waals surface area contributed by atoms with Crippen LogP contribution in [0.2, 0.25) is 0 Å². The number of nitrogens with zero attached hydrogens (tertiary/aromatic N) is 1. The number of rotatable bonds is 4. The van der Waals surface area contributed by atoms with Crippen LogP contribution in [0.4, 0.5) is 0 Å². The molecule has 2 unspecified atom stereocenters. The molecule has 3 aliphatic rings. The van der Waals surface area contributed by atoms with E-state index >= 15 is 0 Å². The third-order valence-corrected chi connectivity index (χ3v) is 5.41. The molecule has 0 aliphatic carbocycles. The fourth-order valence-electron chi connectivity index (χ4n) is 4.66. The molecule has 3 heterocycles. The van der Waals surface area contributed by atoms with E-state index in [1.807, 2.05) is 0 Å². The summed E-state index contributed by atoms with van der Waals surface area (Å²) in [6.45, 7) is 3.73. The lowest BCUT2D eigenvalue weighted by atomic mass is 9.70. The van der Waals surface area contributed by atoms with Crippen molar-refractivity contribution in [2.75, 3.05) is 19.6 Å². The standard InChI is InChI=1S/C15H26N2O2/c18-14(19)7-1-6-13-12-5-3-9-17-8-2-4-11(10-16-13)15(12)17/h11-13,15-16H,1-10H2,(H,18,19)/t11-,12+,13?,15?/m0/s1. The first-order valence-corrected chi connectivity index (χ1v) is 7.95. The third kappa shape index (κ3) is 2.79. The van der Waals surface area contributed by atoms with E-state index in [0.29, 0.717) is 12.5 Å². The Morgan fingerprint density at radius 3 is 2.84 bits per heavy atom. The molecule has 3 saturated heterocycles. The Balaban J connectivity index is 1.62. The van der Waals surface area contributed by atoms with E-state index < -0.39 is 5.97 Å². The van der Waals surface area contributed by atoms with Crippen LogP contribution < -0.4 is 5.32 Å². The maximum atomic E-state index is 10.7. The van der Waals surface area contributed by atoms with Gasteiger partial charge in [0.1, 0.15) is 0 Å². The van der Waals surface area contributed by atoms with Crippen molar-refractivity contribution >= 4 is 5.97 Å². The van der Waals surface area contributed by atoms with Gasteiger partial charge < -0.3 is 10.4 Å². The van der Waals surface area contributed by atoms with Crippen LogP contribution in [-0.2, 0) is 4.79 Å². The van der Waals surface area contributed by atoms with E-state index in [0.717, 1.165) is 37.3 Å². The number of carboxylic acids is 1. The molecular weight excluding hydrogens is 240 g/mol. The zero-order chi connectivity index (χ0) is 13.2. The third-order valence-electron chi connectivity index (χ3n) is 5.41. The van der Waals surface area contributed by atoms with Crippen LogP contribution in [0.1, 0.15) is 44.9 Å². The zero-order valence-corrected chi connectivity index (χ0v) is 11.7. The number of aliphatic carboxylic acids is 1. The molecule has 3 aliphatic heterocycles. The average molecular weight is 266 g/mol. The Bertz CT molecular complexity index is 325. The summed E-state index contributed by atoms with van der Waals surface area (Å²) in [5.41, 5.74) is 0. The van der Waals surface area contributed by atoms with Crippen LogP contribution in [0.5, 0.6) is 0 Å². The van der Waals surface area contributed by atoms with Crippen molar-refractivity contribution in [1.29, 1.82) is 0 Å². The highest BCUT2D eigenvalue weighted by molar-refractivity contribution is 5.66. The molecule has 4 heteroatoms. The molecule has 0 amide bonds. The Morgan fingerprint density at radius 2 is 2.05 bits per heavy atom. The van der Waals surface area contributed by atoms with E-state index in [9.17, 15) is 4.79 Å². The minimum atomic E-state index is -0.656. The first-order valence-electron chi connectivity index (χ1n) is 7.95. The van der Waals surface area contributed by atoms with Crippen LogP contribution in [-0.4, -0.2) is 47.7 Å². The van der Waals surface area contributed by atoms with Gasteiger partial charge in [0.2, 0.25) is 0 Å². The molecule has 0 aromatic carbocycles. The SMILES string of the molecule is O=C(O)CCCC1NC[C@@H]2CCCN3CCC[C@H]1C23. The predicted molar refractivity (Wildman–Crippen MR) is 74.1 cm³/mol. The summed E-state index contributed by atoms with van der Waals surface area (Å²) in [6, 6.07) is 1.35. The van der Waals surface area contributed by atoms with E-state index in [-0.39, 0.29) is 0 Å². The summed E-state index contributed by atoms with van der Waals surface area (Å²) in [7, 11) is 0.